The number of ether oxygens (including phenoxy) is 1. The number of nitrogens with one attached hydrogen (secondary N) is 2. The first-order valence-corrected chi connectivity index (χ1v) is 7.93. The van der Waals surface area contributed by atoms with Crippen LogP contribution in [-0.4, -0.2) is 28.0 Å². The maximum Gasteiger partial charge on any atom is 0.258 e. The fourth-order valence-electron chi connectivity index (χ4n) is 2.47. The second kappa shape index (κ2) is 7.57. The number of carbonyl (C=O) groups excluding carboxylic acids is 1. The van der Waals surface area contributed by atoms with Gasteiger partial charge < -0.3 is 15.0 Å². The number of hydrogen-bond acceptors (Lipinski definition) is 5. The molecular weight excluding hydrogens is 320 g/mol. The zero-order chi connectivity index (χ0) is 17.6. The molecule has 7 nitrogen and oxygen atoms in total. The van der Waals surface area contributed by atoms with Gasteiger partial charge in [0.2, 0.25) is 11.8 Å². The van der Waals surface area contributed by atoms with Crippen LogP contribution in [0.4, 0.5) is 5.69 Å². The number of nitrogens with zero attached hydrogens (tertiary/aromatic N) is 2. The number of aromatic nitrogens is 3. The molecular formula is C18H18N4O3. The number of amides is 1. The van der Waals surface area contributed by atoms with Crippen molar-refractivity contribution in [3.05, 3.63) is 58.8 Å². The number of rotatable bonds is 6. The van der Waals surface area contributed by atoms with Crippen molar-refractivity contribution in [1.82, 2.24) is 15.0 Å². The Bertz CT molecular complexity index is 935. The number of anilines is 1. The average molecular weight is 338 g/mol. The monoisotopic (exact) mass is 338 g/mol. The molecule has 25 heavy (non-hydrogen) atoms. The van der Waals surface area contributed by atoms with Gasteiger partial charge in [-0.25, -0.2) is 9.97 Å². The molecule has 2 N–H and O–H groups in total. The van der Waals surface area contributed by atoms with Gasteiger partial charge >= 0.3 is 0 Å². The minimum absolute atomic E-state index is 0.116. The van der Waals surface area contributed by atoms with Gasteiger partial charge in [-0.3, -0.25) is 9.59 Å². The van der Waals surface area contributed by atoms with Crippen LogP contribution < -0.4 is 15.6 Å². The van der Waals surface area contributed by atoms with Gasteiger partial charge in [0.15, 0.2) is 0 Å². The molecule has 0 spiro atoms. The SMILES string of the molecule is COc1ccc(NC(=O)CCCc2nc3ccccc3c(=O)[nH]2)cn1. The molecule has 3 aromatic rings. The van der Waals surface area contributed by atoms with Crippen LogP contribution in [0, 0.1) is 0 Å². The van der Waals surface area contributed by atoms with Gasteiger partial charge in [-0.15, -0.1) is 0 Å². The number of H-pyrrole nitrogens is 1. The van der Waals surface area contributed by atoms with Crippen molar-refractivity contribution in [1.29, 1.82) is 0 Å². The summed E-state index contributed by atoms with van der Waals surface area (Å²) >= 11 is 0. The number of carbonyl (C=O) groups is 1. The number of methoxy groups -OCH3 is 1. The Morgan fingerprint density at radius 1 is 1.24 bits per heavy atom. The predicted molar refractivity (Wildman–Crippen MR) is 94.7 cm³/mol. The van der Waals surface area contributed by atoms with Crippen LogP contribution in [0.2, 0.25) is 0 Å². The van der Waals surface area contributed by atoms with Crippen molar-refractivity contribution >= 4 is 22.5 Å². The van der Waals surface area contributed by atoms with Gasteiger partial charge in [0.05, 0.1) is 29.9 Å². The maximum atomic E-state index is 12.0. The molecule has 0 radical (unpaired) electrons. The van der Waals surface area contributed by atoms with Crippen molar-refractivity contribution < 1.29 is 9.53 Å². The quantitative estimate of drug-likeness (QED) is 0.719. The van der Waals surface area contributed by atoms with E-state index in [0.29, 0.717) is 47.6 Å². The van der Waals surface area contributed by atoms with Crippen LogP contribution in [-0.2, 0) is 11.2 Å². The fraction of sp³-hybridized carbons (Fsp3) is 0.222. The molecule has 0 saturated carbocycles. The van der Waals surface area contributed by atoms with Crippen molar-refractivity contribution in [2.45, 2.75) is 19.3 Å². The Hall–Kier alpha value is -3.22. The summed E-state index contributed by atoms with van der Waals surface area (Å²) < 4.78 is 4.97. The molecule has 1 amide bonds. The lowest BCUT2D eigenvalue weighted by molar-refractivity contribution is -0.116. The van der Waals surface area contributed by atoms with E-state index in [2.05, 4.69) is 20.3 Å². The standard InChI is InChI=1S/C18H18N4O3/c1-25-17-10-9-12(11-19-17)20-16(23)8-4-7-15-21-14-6-3-2-5-13(14)18(24)22-15/h2-3,5-6,9-11H,4,7-8H2,1H3,(H,20,23)(H,21,22,24). The van der Waals surface area contributed by atoms with Crippen LogP contribution in [0.25, 0.3) is 10.9 Å². The zero-order valence-corrected chi connectivity index (χ0v) is 13.8. The lowest BCUT2D eigenvalue weighted by Crippen LogP contribution is -2.14. The summed E-state index contributed by atoms with van der Waals surface area (Å²) in [6.07, 6.45) is 2.97. The summed E-state index contributed by atoms with van der Waals surface area (Å²) in [5.41, 5.74) is 1.12. The molecule has 0 unspecified atom stereocenters. The minimum Gasteiger partial charge on any atom is -0.481 e. The van der Waals surface area contributed by atoms with Crippen molar-refractivity contribution in [3.63, 3.8) is 0 Å². The first kappa shape index (κ1) is 16.6. The smallest absolute Gasteiger partial charge is 0.258 e. The topological polar surface area (TPSA) is 97.0 Å². The number of fused-ring (bicyclic) bond motifs is 1. The van der Waals surface area contributed by atoms with E-state index in [4.69, 9.17) is 4.74 Å². The third kappa shape index (κ3) is 4.20. The summed E-state index contributed by atoms with van der Waals surface area (Å²) in [6, 6.07) is 10.6. The molecule has 3 rings (SSSR count). The number of aromatic amines is 1. The zero-order valence-electron chi connectivity index (χ0n) is 13.8. The molecule has 1 aromatic carbocycles. The van der Waals surface area contributed by atoms with Crippen LogP contribution in [0.1, 0.15) is 18.7 Å². The van der Waals surface area contributed by atoms with Gasteiger partial charge in [-0.1, -0.05) is 12.1 Å². The average Bonchev–Trinajstić information content (AvgIpc) is 2.62. The molecule has 2 aromatic heterocycles. The van der Waals surface area contributed by atoms with Crippen molar-refractivity contribution in [2.75, 3.05) is 12.4 Å². The molecule has 0 saturated heterocycles. The van der Waals surface area contributed by atoms with E-state index in [0.717, 1.165) is 0 Å². The summed E-state index contributed by atoms with van der Waals surface area (Å²) in [6.45, 7) is 0. The second-order valence-electron chi connectivity index (χ2n) is 5.52. The lowest BCUT2D eigenvalue weighted by Gasteiger charge is -2.06. The molecule has 0 aliphatic rings. The van der Waals surface area contributed by atoms with Crippen molar-refractivity contribution in [2.24, 2.45) is 0 Å². The third-order valence-corrected chi connectivity index (χ3v) is 3.71. The highest BCUT2D eigenvalue weighted by Gasteiger charge is 2.06. The number of pyridine rings is 1. The third-order valence-electron chi connectivity index (χ3n) is 3.71. The second-order valence-corrected chi connectivity index (χ2v) is 5.52. The van der Waals surface area contributed by atoms with E-state index in [1.807, 2.05) is 6.07 Å². The summed E-state index contributed by atoms with van der Waals surface area (Å²) in [4.78, 5) is 35.2. The molecule has 0 bridgehead atoms. The van der Waals surface area contributed by atoms with E-state index in [9.17, 15) is 9.59 Å². The van der Waals surface area contributed by atoms with Crippen LogP contribution in [0.15, 0.2) is 47.4 Å². The molecule has 128 valence electrons. The highest BCUT2D eigenvalue weighted by atomic mass is 16.5. The van der Waals surface area contributed by atoms with Gasteiger partial charge in [0.25, 0.3) is 5.56 Å². The number of aryl methyl sites for hydroxylation is 1. The summed E-state index contributed by atoms with van der Waals surface area (Å²) in [5, 5.41) is 3.34. The minimum atomic E-state index is -0.158. The van der Waals surface area contributed by atoms with Gasteiger partial charge in [-0.2, -0.15) is 0 Å². The Morgan fingerprint density at radius 2 is 2.08 bits per heavy atom. The molecule has 0 aliphatic carbocycles. The highest BCUT2D eigenvalue weighted by molar-refractivity contribution is 5.90. The Labute approximate surface area is 144 Å². The molecule has 0 atom stereocenters. The Kier molecular flexibility index (Phi) is 5.03. The first-order chi connectivity index (χ1) is 12.2. The van der Waals surface area contributed by atoms with Crippen LogP contribution in [0.3, 0.4) is 0 Å². The normalized spacial score (nSPS) is 10.6. The van der Waals surface area contributed by atoms with Crippen molar-refractivity contribution in [3.8, 4) is 5.88 Å². The van der Waals surface area contributed by atoms with Gasteiger partial charge in [0, 0.05) is 18.9 Å². The maximum absolute atomic E-state index is 12.0. The van der Waals surface area contributed by atoms with E-state index in [1.54, 1.807) is 36.5 Å². The van der Waals surface area contributed by atoms with Gasteiger partial charge in [-0.05, 0) is 24.6 Å². The van der Waals surface area contributed by atoms with E-state index in [1.165, 1.54) is 7.11 Å². The molecule has 0 fully saturated rings. The number of para-hydroxylation sites is 1. The molecule has 0 aliphatic heterocycles. The van der Waals surface area contributed by atoms with E-state index < -0.39 is 0 Å². The number of benzene rings is 1. The lowest BCUT2D eigenvalue weighted by atomic mass is 10.2. The summed E-state index contributed by atoms with van der Waals surface area (Å²) in [7, 11) is 1.53. The Morgan fingerprint density at radius 3 is 2.84 bits per heavy atom. The number of hydrogen-bond donors (Lipinski definition) is 2. The van der Waals surface area contributed by atoms with E-state index in [-0.39, 0.29) is 11.5 Å². The van der Waals surface area contributed by atoms with Crippen LogP contribution in [0.5, 0.6) is 5.88 Å². The Balaban J connectivity index is 1.55. The molecule has 2 heterocycles. The van der Waals surface area contributed by atoms with Gasteiger partial charge in [0.1, 0.15) is 5.82 Å². The first-order valence-electron chi connectivity index (χ1n) is 7.93. The van der Waals surface area contributed by atoms with E-state index >= 15 is 0 Å². The highest BCUT2D eigenvalue weighted by Crippen LogP contribution is 2.12. The molecule has 7 heteroatoms. The largest absolute Gasteiger partial charge is 0.481 e. The fourth-order valence-corrected chi connectivity index (χ4v) is 2.47. The predicted octanol–water partition coefficient (Wildman–Crippen LogP) is 2.29. The summed E-state index contributed by atoms with van der Waals surface area (Å²) in [5.74, 6) is 0.960. The van der Waals surface area contributed by atoms with Crippen LogP contribution >= 0.6 is 0 Å².